The van der Waals surface area contributed by atoms with Crippen molar-refractivity contribution in [1.82, 2.24) is 0 Å². The first-order valence-electron chi connectivity index (χ1n) is 8.72. The Morgan fingerprint density at radius 1 is 1.10 bits per heavy atom. The molecule has 2 heteroatoms. The zero-order valence-electron chi connectivity index (χ0n) is 13.8. The zero-order valence-corrected chi connectivity index (χ0v) is 13.8. The smallest absolute Gasteiger partial charge is 0.0573 e. The van der Waals surface area contributed by atoms with E-state index in [4.69, 9.17) is 0 Å². The van der Waals surface area contributed by atoms with Crippen molar-refractivity contribution in [2.24, 2.45) is 29.1 Å². The Morgan fingerprint density at radius 2 is 1.80 bits per heavy atom. The molecule has 2 saturated carbocycles. The summed E-state index contributed by atoms with van der Waals surface area (Å²) < 4.78 is 0. The van der Waals surface area contributed by atoms with E-state index >= 15 is 0 Å². The van der Waals surface area contributed by atoms with Crippen molar-refractivity contribution < 1.29 is 10.2 Å². The first-order chi connectivity index (χ1) is 9.36. The van der Waals surface area contributed by atoms with Crippen LogP contribution in [-0.2, 0) is 0 Å². The van der Waals surface area contributed by atoms with Crippen molar-refractivity contribution in [3.8, 4) is 0 Å². The lowest BCUT2D eigenvalue weighted by atomic mass is 9.61. The molecule has 2 N–H and O–H groups in total. The van der Waals surface area contributed by atoms with E-state index in [1.807, 2.05) is 0 Å². The standard InChI is InChI=1S/C18H34O2/c1-12(2)16(19)10-7-13(3)14-8-9-15-17(20)6-5-11-18(14,15)4/h12-17,19-20H,5-11H2,1-4H3. The molecule has 6 atom stereocenters. The molecule has 2 aliphatic rings. The quantitative estimate of drug-likeness (QED) is 0.800. The first kappa shape index (κ1) is 16.3. The summed E-state index contributed by atoms with van der Waals surface area (Å²) in [5.74, 6) is 2.30. The third-order valence-electron chi connectivity index (χ3n) is 6.54. The molecule has 0 aromatic heterocycles. The summed E-state index contributed by atoms with van der Waals surface area (Å²) in [4.78, 5) is 0. The first-order valence-corrected chi connectivity index (χ1v) is 8.72. The van der Waals surface area contributed by atoms with Crippen LogP contribution >= 0.6 is 0 Å². The average Bonchev–Trinajstić information content (AvgIpc) is 2.74. The maximum Gasteiger partial charge on any atom is 0.0573 e. The van der Waals surface area contributed by atoms with Gasteiger partial charge >= 0.3 is 0 Å². The molecule has 0 radical (unpaired) electrons. The highest BCUT2D eigenvalue weighted by molar-refractivity contribution is 5.01. The summed E-state index contributed by atoms with van der Waals surface area (Å²) in [6.07, 6.45) is 7.81. The molecule has 6 unspecified atom stereocenters. The fourth-order valence-corrected chi connectivity index (χ4v) is 5.09. The highest BCUT2D eigenvalue weighted by Crippen LogP contribution is 2.58. The van der Waals surface area contributed by atoms with Crippen molar-refractivity contribution in [2.45, 2.75) is 84.8 Å². The van der Waals surface area contributed by atoms with E-state index in [1.54, 1.807) is 0 Å². The van der Waals surface area contributed by atoms with Crippen LogP contribution in [0.1, 0.15) is 72.6 Å². The molecule has 2 nitrogen and oxygen atoms in total. The molecule has 2 aliphatic carbocycles. The van der Waals surface area contributed by atoms with Crippen molar-refractivity contribution in [3.05, 3.63) is 0 Å². The van der Waals surface area contributed by atoms with Crippen molar-refractivity contribution in [3.63, 3.8) is 0 Å². The largest absolute Gasteiger partial charge is 0.393 e. The minimum atomic E-state index is -0.153. The van der Waals surface area contributed by atoms with Crippen molar-refractivity contribution >= 4 is 0 Å². The topological polar surface area (TPSA) is 40.5 Å². The molecule has 20 heavy (non-hydrogen) atoms. The maximum atomic E-state index is 10.3. The molecule has 118 valence electrons. The van der Waals surface area contributed by atoms with Gasteiger partial charge in [-0.2, -0.15) is 0 Å². The Labute approximate surface area is 125 Å². The number of hydrogen-bond acceptors (Lipinski definition) is 2. The highest BCUT2D eigenvalue weighted by Gasteiger charge is 2.51. The third-order valence-corrected chi connectivity index (χ3v) is 6.54. The minimum absolute atomic E-state index is 0.0628. The van der Waals surface area contributed by atoms with Crippen LogP contribution in [0.15, 0.2) is 0 Å². The SMILES string of the molecule is CC(C)C(O)CCC(C)C1CCC2C(O)CCCC12C. The molecule has 0 bridgehead atoms. The Kier molecular flexibility index (Phi) is 5.18. The molecule has 0 spiro atoms. The van der Waals surface area contributed by atoms with Crippen LogP contribution in [0.4, 0.5) is 0 Å². The van der Waals surface area contributed by atoms with E-state index in [0.29, 0.717) is 23.2 Å². The van der Waals surface area contributed by atoms with Gasteiger partial charge in [-0.15, -0.1) is 0 Å². The van der Waals surface area contributed by atoms with Gasteiger partial charge in [0.1, 0.15) is 0 Å². The van der Waals surface area contributed by atoms with Crippen LogP contribution in [0, 0.1) is 29.1 Å². The third kappa shape index (κ3) is 3.06. The van der Waals surface area contributed by atoms with Crippen LogP contribution in [-0.4, -0.2) is 22.4 Å². The van der Waals surface area contributed by atoms with Gasteiger partial charge in [0, 0.05) is 0 Å². The highest BCUT2D eigenvalue weighted by atomic mass is 16.3. The zero-order chi connectivity index (χ0) is 14.9. The number of aliphatic hydroxyl groups is 2. The molecule has 2 fully saturated rings. The van der Waals surface area contributed by atoms with Gasteiger partial charge in [-0.1, -0.05) is 34.1 Å². The Balaban J connectivity index is 1.95. The molecular weight excluding hydrogens is 248 g/mol. The number of hydrogen-bond donors (Lipinski definition) is 2. The van der Waals surface area contributed by atoms with Gasteiger partial charge in [0.05, 0.1) is 12.2 Å². The Hall–Kier alpha value is -0.0800. The van der Waals surface area contributed by atoms with Gasteiger partial charge in [-0.25, -0.2) is 0 Å². The normalized spacial score (nSPS) is 40.6. The van der Waals surface area contributed by atoms with Gasteiger partial charge in [0.2, 0.25) is 0 Å². The molecule has 0 saturated heterocycles. The second kappa shape index (κ2) is 6.36. The second-order valence-corrected chi connectivity index (χ2v) is 8.12. The molecular formula is C18H34O2. The summed E-state index contributed by atoms with van der Waals surface area (Å²) in [6, 6.07) is 0. The maximum absolute atomic E-state index is 10.3. The van der Waals surface area contributed by atoms with Crippen LogP contribution in [0.25, 0.3) is 0 Å². The van der Waals surface area contributed by atoms with E-state index < -0.39 is 0 Å². The summed E-state index contributed by atoms with van der Waals surface area (Å²) in [6.45, 7) is 8.99. The average molecular weight is 282 g/mol. The number of rotatable bonds is 5. The monoisotopic (exact) mass is 282 g/mol. The van der Waals surface area contributed by atoms with E-state index in [-0.39, 0.29) is 12.2 Å². The predicted molar refractivity (Wildman–Crippen MR) is 83.4 cm³/mol. The lowest BCUT2D eigenvalue weighted by Crippen LogP contribution is -2.41. The van der Waals surface area contributed by atoms with Gasteiger partial charge in [0.15, 0.2) is 0 Å². The number of aliphatic hydroxyl groups excluding tert-OH is 2. The molecule has 0 aromatic carbocycles. The predicted octanol–water partition coefficient (Wildman–Crippen LogP) is 4.00. The summed E-state index contributed by atoms with van der Waals surface area (Å²) in [7, 11) is 0. The molecule has 0 amide bonds. The lowest BCUT2D eigenvalue weighted by Gasteiger charge is -2.45. The summed E-state index contributed by atoms with van der Waals surface area (Å²) >= 11 is 0. The summed E-state index contributed by atoms with van der Waals surface area (Å²) in [5, 5.41) is 20.3. The molecule has 0 aliphatic heterocycles. The second-order valence-electron chi connectivity index (χ2n) is 8.12. The van der Waals surface area contributed by atoms with Crippen molar-refractivity contribution in [1.29, 1.82) is 0 Å². The molecule has 2 rings (SSSR count). The van der Waals surface area contributed by atoms with Gasteiger partial charge in [-0.05, 0) is 67.6 Å². The Morgan fingerprint density at radius 3 is 2.45 bits per heavy atom. The molecule has 0 aromatic rings. The fourth-order valence-electron chi connectivity index (χ4n) is 5.09. The van der Waals surface area contributed by atoms with Crippen molar-refractivity contribution in [2.75, 3.05) is 0 Å². The minimum Gasteiger partial charge on any atom is -0.393 e. The van der Waals surface area contributed by atoms with Crippen LogP contribution in [0.3, 0.4) is 0 Å². The van der Waals surface area contributed by atoms with Gasteiger partial charge in [0.25, 0.3) is 0 Å². The van der Waals surface area contributed by atoms with Crippen LogP contribution in [0.5, 0.6) is 0 Å². The van der Waals surface area contributed by atoms with Crippen LogP contribution < -0.4 is 0 Å². The Bertz CT molecular complexity index is 315. The lowest BCUT2D eigenvalue weighted by molar-refractivity contribution is -0.0291. The van der Waals surface area contributed by atoms with Gasteiger partial charge in [-0.3, -0.25) is 0 Å². The van der Waals surface area contributed by atoms with E-state index in [1.165, 1.54) is 25.7 Å². The van der Waals surface area contributed by atoms with E-state index in [9.17, 15) is 10.2 Å². The number of fused-ring (bicyclic) bond motifs is 1. The van der Waals surface area contributed by atoms with E-state index in [0.717, 1.165) is 25.2 Å². The molecule has 0 heterocycles. The van der Waals surface area contributed by atoms with Crippen LogP contribution in [0.2, 0.25) is 0 Å². The summed E-state index contributed by atoms with van der Waals surface area (Å²) in [5.41, 5.74) is 0.347. The van der Waals surface area contributed by atoms with E-state index in [2.05, 4.69) is 27.7 Å². The van der Waals surface area contributed by atoms with Gasteiger partial charge < -0.3 is 10.2 Å². The fraction of sp³-hybridized carbons (Fsp3) is 1.00.